The first-order valence-corrected chi connectivity index (χ1v) is 9.75. The molecule has 31 heavy (non-hydrogen) atoms. The molecule has 12 heteroatoms. The number of nitrogens with one attached hydrogen (secondary N) is 1. The van der Waals surface area contributed by atoms with Crippen molar-refractivity contribution in [1.82, 2.24) is 10.2 Å². The molecule has 1 N–H and O–H groups in total. The van der Waals surface area contributed by atoms with Crippen LogP contribution in [-0.4, -0.2) is 48.1 Å². The lowest BCUT2D eigenvalue weighted by Gasteiger charge is -2.14. The van der Waals surface area contributed by atoms with Crippen LogP contribution in [0.25, 0.3) is 11.5 Å². The number of amides is 1. The SMILES string of the molecule is COc1cc(NC(=O)CSc2nnc(-c3ccccc3[N+](=O)[O-])o2)cc(OC)c1OC. The summed E-state index contributed by atoms with van der Waals surface area (Å²) in [6.45, 7) is 0. The van der Waals surface area contributed by atoms with Crippen molar-refractivity contribution in [2.24, 2.45) is 0 Å². The van der Waals surface area contributed by atoms with Crippen LogP contribution in [-0.2, 0) is 4.79 Å². The summed E-state index contributed by atoms with van der Waals surface area (Å²) >= 11 is 0.996. The summed E-state index contributed by atoms with van der Waals surface area (Å²) in [5, 5.41) is 21.7. The maximum atomic E-state index is 12.3. The Labute approximate surface area is 180 Å². The molecule has 0 fully saturated rings. The number of thioether (sulfide) groups is 1. The smallest absolute Gasteiger partial charge is 0.282 e. The van der Waals surface area contributed by atoms with Crippen molar-refractivity contribution in [2.45, 2.75) is 5.22 Å². The van der Waals surface area contributed by atoms with Gasteiger partial charge in [-0.1, -0.05) is 23.9 Å². The van der Waals surface area contributed by atoms with Crippen molar-refractivity contribution in [3.8, 4) is 28.7 Å². The van der Waals surface area contributed by atoms with Gasteiger partial charge in [-0.25, -0.2) is 0 Å². The minimum Gasteiger partial charge on any atom is -0.493 e. The van der Waals surface area contributed by atoms with E-state index in [1.807, 2.05) is 0 Å². The van der Waals surface area contributed by atoms with E-state index in [0.717, 1.165) is 11.8 Å². The average Bonchev–Trinajstić information content (AvgIpc) is 3.25. The Bertz CT molecular complexity index is 1080. The maximum Gasteiger partial charge on any atom is 0.282 e. The number of carbonyl (C=O) groups excluding carboxylic acids is 1. The fourth-order valence-electron chi connectivity index (χ4n) is 2.67. The molecule has 0 saturated heterocycles. The summed E-state index contributed by atoms with van der Waals surface area (Å²) in [7, 11) is 4.43. The predicted molar refractivity (Wildman–Crippen MR) is 112 cm³/mol. The van der Waals surface area contributed by atoms with E-state index in [2.05, 4.69) is 15.5 Å². The molecule has 0 aliphatic carbocycles. The fourth-order valence-corrected chi connectivity index (χ4v) is 3.23. The highest BCUT2D eigenvalue weighted by Gasteiger charge is 2.20. The Morgan fingerprint density at radius 2 is 1.81 bits per heavy atom. The Morgan fingerprint density at radius 1 is 1.13 bits per heavy atom. The first-order chi connectivity index (χ1) is 15.0. The number of para-hydroxylation sites is 1. The second-order valence-corrected chi connectivity index (χ2v) is 6.82. The van der Waals surface area contributed by atoms with Crippen molar-refractivity contribution in [2.75, 3.05) is 32.4 Å². The van der Waals surface area contributed by atoms with E-state index < -0.39 is 4.92 Å². The van der Waals surface area contributed by atoms with Gasteiger partial charge in [0.2, 0.25) is 11.7 Å². The number of ether oxygens (including phenoxy) is 3. The van der Waals surface area contributed by atoms with Gasteiger partial charge in [-0.15, -0.1) is 10.2 Å². The molecule has 1 amide bonds. The van der Waals surface area contributed by atoms with Crippen molar-refractivity contribution in [3.05, 3.63) is 46.5 Å². The Kier molecular flexibility index (Phi) is 6.92. The Morgan fingerprint density at radius 3 is 2.42 bits per heavy atom. The molecule has 0 aliphatic heterocycles. The van der Waals surface area contributed by atoms with Gasteiger partial charge in [0.1, 0.15) is 5.56 Å². The van der Waals surface area contributed by atoms with Crippen LogP contribution >= 0.6 is 11.8 Å². The summed E-state index contributed by atoms with van der Waals surface area (Å²) in [5.41, 5.74) is 0.503. The van der Waals surface area contributed by atoms with Crippen molar-refractivity contribution in [1.29, 1.82) is 0 Å². The highest BCUT2D eigenvalue weighted by molar-refractivity contribution is 7.99. The molecule has 0 unspecified atom stereocenters. The monoisotopic (exact) mass is 446 g/mol. The van der Waals surface area contributed by atoms with Crippen LogP contribution in [0.2, 0.25) is 0 Å². The summed E-state index contributed by atoms with van der Waals surface area (Å²) in [6.07, 6.45) is 0. The minimum atomic E-state index is -0.531. The largest absolute Gasteiger partial charge is 0.493 e. The third kappa shape index (κ3) is 5.04. The van der Waals surface area contributed by atoms with Crippen molar-refractivity contribution < 1.29 is 28.3 Å². The van der Waals surface area contributed by atoms with Gasteiger partial charge in [-0.05, 0) is 6.07 Å². The number of nitro groups is 1. The van der Waals surface area contributed by atoms with Crippen LogP contribution in [0.1, 0.15) is 0 Å². The van der Waals surface area contributed by atoms with E-state index in [9.17, 15) is 14.9 Å². The number of hydrogen-bond donors (Lipinski definition) is 1. The van der Waals surface area contributed by atoms with E-state index in [1.54, 1.807) is 24.3 Å². The maximum absolute atomic E-state index is 12.3. The molecular formula is C19H18N4O7S. The van der Waals surface area contributed by atoms with Gasteiger partial charge in [0.05, 0.1) is 32.0 Å². The van der Waals surface area contributed by atoms with Crippen LogP contribution in [0.15, 0.2) is 46.0 Å². The molecule has 0 bridgehead atoms. The molecule has 3 aromatic rings. The molecule has 0 aliphatic rings. The third-order valence-corrected chi connectivity index (χ3v) is 4.83. The van der Waals surface area contributed by atoms with Gasteiger partial charge in [0.15, 0.2) is 11.5 Å². The van der Waals surface area contributed by atoms with Crippen LogP contribution in [0.4, 0.5) is 11.4 Å². The molecule has 1 aromatic heterocycles. The molecule has 1 heterocycles. The number of rotatable bonds is 9. The van der Waals surface area contributed by atoms with Crippen LogP contribution in [0.5, 0.6) is 17.2 Å². The van der Waals surface area contributed by atoms with Crippen LogP contribution in [0.3, 0.4) is 0 Å². The molecule has 3 rings (SSSR count). The van der Waals surface area contributed by atoms with Gasteiger partial charge < -0.3 is 23.9 Å². The third-order valence-electron chi connectivity index (χ3n) is 4.01. The molecular weight excluding hydrogens is 428 g/mol. The zero-order valence-electron chi connectivity index (χ0n) is 16.8. The second kappa shape index (κ2) is 9.80. The first kappa shape index (κ1) is 21.9. The average molecular weight is 446 g/mol. The normalized spacial score (nSPS) is 10.4. The van der Waals surface area contributed by atoms with E-state index in [4.69, 9.17) is 18.6 Å². The lowest BCUT2D eigenvalue weighted by Crippen LogP contribution is -2.14. The zero-order chi connectivity index (χ0) is 22.4. The summed E-state index contributed by atoms with van der Waals surface area (Å²) < 4.78 is 21.2. The lowest BCUT2D eigenvalue weighted by atomic mass is 10.2. The van der Waals surface area contributed by atoms with E-state index >= 15 is 0 Å². The number of aromatic nitrogens is 2. The molecule has 0 spiro atoms. The summed E-state index contributed by atoms with van der Waals surface area (Å²) in [4.78, 5) is 23.0. The van der Waals surface area contributed by atoms with Gasteiger partial charge >= 0.3 is 0 Å². The molecule has 0 atom stereocenters. The number of methoxy groups -OCH3 is 3. The summed E-state index contributed by atoms with van der Waals surface area (Å²) in [6, 6.07) is 9.23. The van der Waals surface area contributed by atoms with Gasteiger partial charge in [-0.3, -0.25) is 14.9 Å². The lowest BCUT2D eigenvalue weighted by molar-refractivity contribution is -0.384. The molecule has 11 nitrogen and oxygen atoms in total. The van der Waals surface area contributed by atoms with Gasteiger partial charge in [-0.2, -0.15) is 0 Å². The number of hydrogen-bond acceptors (Lipinski definition) is 10. The molecule has 0 radical (unpaired) electrons. The minimum absolute atomic E-state index is 0.000153. The number of anilines is 1. The van der Waals surface area contributed by atoms with E-state index in [-0.39, 0.29) is 34.0 Å². The van der Waals surface area contributed by atoms with E-state index in [0.29, 0.717) is 22.9 Å². The highest BCUT2D eigenvalue weighted by Crippen LogP contribution is 2.40. The second-order valence-electron chi connectivity index (χ2n) is 5.90. The predicted octanol–water partition coefficient (Wildman–Crippen LogP) is 3.40. The summed E-state index contributed by atoms with van der Waals surface area (Å²) in [5.74, 6) is 0.830. The number of nitrogens with zero attached hydrogens (tertiary/aromatic N) is 3. The Balaban J connectivity index is 1.67. The van der Waals surface area contributed by atoms with Crippen molar-refractivity contribution >= 4 is 29.0 Å². The van der Waals surface area contributed by atoms with E-state index in [1.165, 1.54) is 33.5 Å². The van der Waals surface area contributed by atoms with Crippen LogP contribution < -0.4 is 19.5 Å². The first-order valence-electron chi connectivity index (χ1n) is 8.76. The number of carbonyl (C=O) groups is 1. The highest BCUT2D eigenvalue weighted by atomic mass is 32.2. The van der Waals surface area contributed by atoms with Gasteiger partial charge in [0, 0.05) is 23.9 Å². The van der Waals surface area contributed by atoms with Crippen LogP contribution in [0, 0.1) is 10.1 Å². The van der Waals surface area contributed by atoms with Crippen molar-refractivity contribution in [3.63, 3.8) is 0 Å². The van der Waals surface area contributed by atoms with Gasteiger partial charge in [0.25, 0.3) is 16.8 Å². The molecule has 0 saturated carbocycles. The molecule has 2 aromatic carbocycles. The number of nitro benzene ring substituents is 1. The molecule has 162 valence electrons. The fraction of sp³-hybridized carbons (Fsp3) is 0.211. The number of benzene rings is 2. The topological polar surface area (TPSA) is 139 Å². The zero-order valence-corrected chi connectivity index (χ0v) is 17.6. The standard InChI is InChI=1S/C19H18N4O7S/c1-27-14-8-11(9-15(28-2)17(14)29-3)20-16(24)10-31-19-22-21-18(30-19)12-6-4-5-7-13(12)23(25)26/h4-9H,10H2,1-3H3,(H,20,24). The quantitative estimate of drug-likeness (QED) is 0.295. The Hall–Kier alpha value is -3.80.